The molecule has 0 amide bonds. The fourth-order valence-corrected chi connectivity index (χ4v) is 3.77. The molecule has 1 saturated heterocycles. The van der Waals surface area contributed by atoms with Crippen molar-refractivity contribution in [3.05, 3.63) is 30.1 Å². The van der Waals surface area contributed by atoms with Crippen molar-refractivity contribution in [1.29, 1.82) is 0 Å². The maximum Gasteiger partial charge on any atom is 0.153 e. The van der Waals surface area contributed by atoms with Crippen LogP contribution in [0.4, 0.5) is 0 Å². The van der Waals surface area contributed by atoms with Crippen LogP contribution < -0.4 is 5.32 Å². The van der Waals surface area contributed by atoms with Crippen molar-refractivity contribution >= 4 is 9.84 Å². The fourth-order valence-electron chi connectivity index (χ4n) is 2.28. The van der Waals surface area contributed by atoms with E-state index in [0.717, 1.165) is 25.2 Å². The van der Waals surface area contributed by atoms with E-state index in [9.17, 15) is 8.42 Å². The number of nitrogens with zero attached hydrogens (tertiary/aromatic N) is 2. The zero-order valence-corrected chi connectivity index (χ0v) is 12.1. The fraction of sp³-hybridized carbons (Fsp3) is 0.615. The molecule has 1 aromatic heterocycles. The van der Waals surface area contributed by atoms with Crippen LogP contribution in [0.2, 0.25) is 0 Å². The van der Waals surface area contributed by atoms with Gasteiger partial charge in [-0.15, -0.1) is 0 Å². The van der Waals surface area contributed by atoms with Crippen molar-refractivity contribution < 1.29 is 8.42 Å². The zero-order valence-electron chi connectivity index (χ0n) is 11.2. The number of sulfone groups is 1. The summed E-state index contributed by atoms with van der Waals surface area (Å²) >= 11 is 0. The van der Waals surface area contributed by atoms with Crippen LogP contribution in [0.25, 0.3) is 0 Å². The Hall–Kier alpha value is -0.980. The van der Waals surface area contributed by atoms with E-state index in [1.165, 1.54) is 0 Å². The normalized spacial score (nSPS) is 22.5. The molecule has 1 fully saturated rings. The van der Waals surface area contributed by atoms with Gasteiger partial charge in [0.05, 0.1) is 17.2 Å². The Morgan fingerprint density at radius 2 is 2.32 bits per heavy atom. The Morgan fingerprint density at radius 1 is 1.47 bits per heavy atom. The smallest absolute Gasteiger partial charge is 0.153 e. The lowest BCUT2D eigenvalue weighted by Gasteiger charge is -2.25. The largest absolute Gasteiger partial charge is 0.312 e. The number of rotatable bonds is 5. The average molecular weight is 283 g/mol. The Labute approximate surface area is 114 Å². The summed E-state index contributed by atoms with van der Waals surface area (Å²) in [7, 11) is -0.798. The van der Waals surface area contributed by atoms with E-state index in [-0.39, 0.29) is 17.5 Å². The molecule has 0 spiro atoms. The first-order valence-corrected chi connectivity index (χ1v) is 8.39. The Bertz CT molecular complexity index is 490. The summed E-state index contributed by atoms with van der Waals surface area (Å²) in [6.45, 7) is 2.24. The molecule has 106 valence electrons. The molecule has 2 rings (SSSR count). The van der Waals surface area contributed by atoms with Crippen LogP contribution in [0, 0.1) is 0 Å². The van der Waals surface area contributed by atoms with Crippen molar-refractivity contribution in [2.75, 3.05) is 31.6 Å². The summed E-state index contributed by atoms with van der Waals surface area (Å²) in [5.74, 6) is 0.539. The molecule has 0 saturated carbocycles. The topological polar surface area (TPSA) is 62.3 Å². The van der Waals surface area contributed by atoms with Crippen LogP contribution >= 0.6 is 0 Å². The van der Waals surface area contributed by atoms with Crippen molar-refractivity contribution in [3.63, 3.8) is 0 Å². The van der Waals surface area contributed by atoms with Crippen molar-refractivity contribution in [2.45, 2.75) is 19.0 Å². The molecule has 5 nitrogen and oxygen atoms in total. The first-order valence-electron chi connectivity index (χ1n) is 6.57. The third-order valence-corrected chi connectivity index (χ3v) is 5.05. The van der Waals surface area contributed by atoms with Gasteiger partial charge < -0.3 is 10.2 Å². The van der Waals surface area contributed by atoms with Crippen LogP contribution in [0.5, 0.6) is 0 Å². The van der Waals surface area contributed by atoms with Gasteiger partial charge in [-0.25, -0.2) is 8.42 Å². The summed E-state index contributed by atoms with van der Waals surface area (Å²) in [4.78, 5) is 6.46. The molecule has 1 atom stereocenters. The summed E-state index contributed by atoms with van der Waals surface area (Å²) in [6.07, 6.45) is 2.64. The molecule has 0 aromatic carbocycles. The van der Waals surface area contributed by atoms with E-state index >= 15 is 0 Å². The number of hydrogen-bond acceptors (Lipinski definition) is 5. The highest BCUT2D eigenvalue weighted by Crippen LogP contribution is 2.07. The summed E-state index contributed by atoms with van der Waals surface area (Å²) in [6, 6.07) is 5.97. The maximum absolute atomic E-state index is 11.5. The van der Waals surface area contributed by atoms with Gasteiger partial charge in [-0.3, -0.25) is 4.98 Å². The summed E-state index contributed by atoms with van der Waals surface area (Å²) in [5.41, 5.74) is 1.04. The van der Waals surface area contributed by atoms with Crippen LogP contribution in [0.3, 0.4) is 0 Å². The van der Waals surface area contributed by atoms with Gasteiger partial charge >= 0.3 is 0 Å². The standard InChI is InChI=1S/C13H21N3O2S/c1-16(10-12-4-2-3-6-14-12)8-5-13-11-19(17,18)9-7-15-13/h2-4,6,13,15H,5,7-11H2,1H3. The van der Waals surface area contributed by atoms with Gasteiger partial charge in [-0.2, -0.15) is 0 Å². The lowest BCUT2D eigenvalue weighted by Crippen LogP contribution is -2.46. The van der Waals surface area contributed by atoms with Crippen molar-refractivity contribution in [2.24, 2.45) is 0 Å². The van der Waals surface area contributed by atoms with E-state index < -0.39 is 9.84 Å². The van der Waals surface area contributed by atoms with Crippen LogP contribution in [0.15, 0.2) is 24.4 Å². The van der Waals surface area contributed by atoms with Crippen LogP contribution in [-0.2, 0) is 16.4 Å². The Balaban J connectivity index is 1.76. The van der Waals surface area contributed by atoms with Gasteiger partial charge in [0, 0.05) is 25.3 Å². The number of hydrogen-bond donors (Lipinski definition) is 1. The lowest BCUT2D eigenvalue weighted by molar-refractivity contribution is 0.300. The Morgan fingerprint density at radius 3 is 3.00 bits per heavy atom. The van der Waals surface area contributed by atoms with E-state index in [0.29, 0.717) is 6.54 Å². The molecule has 1 aliphatic heterocycles. The Kier molecular flexibility index (Phi) is 4.90. The van der Waals surface area contributed by atoms with Crippen LogP contribution in [0.1, 0.15) is 12.1 Å². The average Bonchev–Trinajstić information content (AvgIpc) is 2.36. The molecule has 6 heteroatoms. The molecule has 1 unspecified atom stereocenters. The molecule has 0 radical (unpaired) electrons. The van der Waals surface area contributed by atoms with E-state index in [1.54, 1.807) is 6.20 Å². The van der Waals surface area contributed by atoms with Crippen molar-refractivity contribution in [1.82, 2.24) is 15.2 Å². The predicted octanol–water partition coefficient (Wildman–Crippen LogP) is 0.290. The predicted molar refractivity (Wildman–Crippen MR) is 75.6 cm³/mol. The molecular formula is C13H21N3O2S. The van der Waals surface area contributed by atoms with Gasteiger partial charge in [0.2, 0.25) is 0 Å². The third-order valence-electron chi connectivity index (χ3n) is 3.32. The molecule has 0 aliphatic carbocycles. The van der Waals surface area contributed by atoms with Crippen LogP contribution in [-0.4, -0.2) is 56.0 Å². The minimum absolute atomic E-state index is 0.0879. The van der Waals surface area contributed by atoms with Gasteiger partial charge in [-0.1, -0.05) is 6.07 Å². The molecule has 1 aliphatic rings. The quantitative estimate of drug-likeness (QED) is 0.841. The second-order valence-corrected chi connectivity index (χ2v) is 7.34. The minimum Gasteiger partial charge on any atom is -0.312 e. The molecule has 1 aromatic rings. The van der Waals surface area contributed by atoms with E-state index in [4.69, 9.17) is 0 Å². The SMILES string of the molecule is CN(CCC1CS(=O)(=O)CCN1)Cc1ccccn1. The number of aromatic nitrogens is 1. The summed E-state index contributed by atoms with van der Waals surface area (Å²) < 4.78 is 23.1. The molecule has 19 heavy (non-hydrogen) atoms. The van der Waals surface area contributed by atoms with E-state index in [2.05, 4.69) is 15.2 Å². The summed E-state index contributed by atoms with van der Waals surface area (Å²) in [5, 5.41) is 3.27. The maximum atomic E-state index is 11.5. The first kappa shape index (κ1) is 14.4. The highest BCUT2D eigenvalue weighted by atomic mass is 32.2. The second-order valence-electron chi connectivity index (χ2n) is 5.11. The van der Waals surface area contributed by atoms with E-state index in [1.807, 2.05) is 25.2 Å². The first-order chi connectivity index (χ1) is 9.05. The monoisotopic (exact) mass is 283 g/mol. The lowest BCUT2D eigenvalue weighted by atomic mass is 10.2. The van der Waals surface area contributed by atoms with Gasteiger partial charge in [0.1, 0.15) is 0 Å². The molecular weight excluding hydrogens is 262 g/mol. The third kappa shape index (κ3) is 4.89. The molecule has 1 N–H and O–H groups in total. The zero-order chi connectivity index (χ0) is 13.7. The number of pyridine rings is 1. The number of nitrogens with one attached hydrogen (secondary N) is 1. The van der Waals surface area contributed by atoms with Gasteiger partial charge in [0.25, 0.3) is 0 Å². The molecule has 0 bridgehead atoms. The van der Waals surface area contributed by atoms with Gasteiger partial charge in [0.15, 0.2) is 9.84 Å². The molecule has 2 heterocycles. The second kappa shape index (κ2) is 6.45. The minimum atomic E-state index is -2.83. The van der Waals surface area contributed by atoms with Gasteiger partial charge in [-0.05, 0) is 32.1 Å². The highest BCUT2D eigenvalue weighted by molar-refractivity contribution is 7.91. The highest BCUT2D eigenvalue weighted by Gasteiger charge is 2.23. The van der Waals surface area contributed by atoms with Crippen molar-refractivity contribution in [3.8, 4) is 0 Å².